The molecule has 2 aromatic carbocycles. The van der Waals surface area contributed by atoms with Gasteiger partial charge in [-0.2, -0.15) is 0 Å². The highest BCUT2D eigenvalue weighted by Crippen LogP contribution is 2.22. The zero-order valence-corrected chi connectivity index (χ0v) is 14.4. The Hall–Kier alpha value is -3.62. The summed E-state index contributed by atoms with van der Waals surface area (Å²) in [5.41, 5.74) is 5.55. The molecule has 2 rings (SSSR count). The van der Waals surface area contributed by atoms with Crippen LogP contribution in [-0.4, -0.2) is 41.5 Å². The quantitative estimate of drug-likeness (QED) is 0.464. The predicted molar refractivity (Wildman–Crippen MR) is 99.0 cm³/mol. The Morgan fingerprint density at radius 1 is 1.04 bits per heavy atom. The van der Waals surface area contributed by atoms with Crippen molar-refractivity contribution in [2.24, 2.45) is 5.73 Å². The van der Waals surface area contributed by atoms with Gasteiger partial charge in [-0.05, 0) is 17.9 Å². The van der Waals surface area contributed by atoms with E-state index in [4.69, 9.17) is 10.8 Å². The fraction of sp³-hybridized carbons (Fsp3) is 0.222. The number of benzene rings is 2. The lowest BCUT2D eigenvalue weighted by molar-refractivity contribution is -0.142. The fourth-order valence-electron chi connectivity index (χ4n) is 2.45. The van der Waals surface area contributed by atoms with Crippen molar-refractivity contribution in [2.45, 2.75) is 18.9 Å². The Labute approximate surface area is 154 Å². The molecule has 0 aromatic heterocycles. The summed E-state index contributed by atoms with van der Waals surface area (Å²) < 4.78 is 0. The van der Waals surface area contributed by atoms with Gasteiger partial charge in [0.25, 0.3) is 0 Å². The van der Waals surface area contributed by atoms with Crippen LogP contribution in [0.25, 0.3) is 10.8 Å². The van der Waals surface area contributed by atoms with Gasteiger partial charge in [-0.3, -0.25) is 9.59 Å². The minimum absolute atomic E-state index is 0.126. The molecule has 0 saturated carbocycles. The van der Waals surface area contributed by atoms with Crippen molar-refractivity contribution in [2.75, 3.05) is 11.9 Å². The van der Waals surface area contributed by atoms with Crippen LogP contribution in [0.1, 0.15) is 12.8 Å². The van der Waals surface area contributed by atoms with E-state index in [0.29, 0.717) is 5.69 Å². The molecule has 9 nitrogen and oxygen atoms in total. The monoisotopic (exact) mass is 372 g/mol. The van der Waals surface area contributed by atoms with Crippen LogP contribution in [0.5, 0.6) is 0 Å². The van der Waals surface area contributed by atoms with Crippen LogP contribution < -0.4 is 21.7 Å². The molecule has 0 saturated heterocycles. The topological polar surface area (TPSA) is 151 Å². The Morgan fingerprint density at radius 3 is 2.44 bits per heavy atom. The zero-order valence-electron chi connectivity index (χ0n) is 14.4. The third kappa shape index (κ3) is 5.99. The van der Waals surface area contributed by atoms with E-state index in [-0.39, 0.29) is 12.8 Å². The molecule has 0 aliphatic heterocycles. The van der Waals surface area contributed by atoms with E-state index in [1.165, 1.54) is 0 Å². The van der Waals surface area contributed by atoms with Crippen LogP contribution in [0.15, 0.2) is 42.5 Å². The van der Waals surface area contributed by atoms with Gasteiger partial charge in [0.1, 0.15) is 6.04 Å². The number of primary amides is 1. The van der Waals surface area contributed by atoms with Gasteiger partial charge in [0.15, 0.2) is 0 Å². The fourth-order valence-corrected chi connectivity index (χ4v) is 2.45. The number of carboxylic acids is 1. The summed E-state index contributed by atoms with van der Waals surface area (Å²) in [6.45, 7) is -0.420. The maximum atomic E-state index is 12.0. The molecule has 0 aliphatic carbocycles. The first-order chi connectivity index (χ1) is 12.9. The van der Waals surface area contributed by atoms with Gasteiger partial charge in [0.05, 0.1) is 12.2 Å². The van der Waals surface area contributed by atoms with Crippen LogP contribution in [0, 0.1) is 0 Å². The Balaban J connectivity index is 1.87. The summed E-state index contributed by atoms with van der Waals surface area (Å²) in [6.07, 6.45) is -0.301. The van der Waals surface area contributed by atoms with Gasteiger partial charge in [0.2, 0.25) is 11.8 Å². The first kappa shape index (κ1) is 19.7. The van der Waals surface area contributed by atoms with E-state index in [9.17, 15) is 19.2 Å². The van der Waals surface area contributed by atoms with Gasteiger partial charge in [0, 0.05) is 11.8 Å². The molecule has 4 amide bonds. The number of fused-ring (bicyclic) bond motifs is 1. The number of anilines is 1. The normalized spacial score (nSPS) is 11.4. The summed E-state index contributed by atoms with van der Waals surface area (Å²) in [7, 11) is 0. The molecule has 0 unspecified atom stereocenters. The van der Waals surface area contributed by atoms with Crippen molar-refractivity contribution in [3.05, 3.63) is 42.5 Å². The lowest BCUT2D eigenvalue weighted by Crippen LogP contribution is -2.46. The standard InChI is InChI=1S/C18H20N4O5/c19-15(23)9-8-14(17(25)26)21-16(24)10-20-18(27)22-13-7-3-5-11-4-1-2-6-12(11)13/h1-7,14H,8-10H2,(H2,19,23)(H,21,24)(H,25,26)(H2,20,22,27)/t14-/m1/s1. The number of rotatable bonds is 8. The van der Waals surface area contributed by atoms with Crippen molar-refractivity contribution in [1.82, 2.24) is 10.6 Å². The van der Waals surface area contributed by atoms with E-state index in [1.54, 1.807) is 12.1 Å². The number of carbonyl (C=O) groups is 4. The number of carboxylic acid groups (broad SMARTS) is 1. The molecule has 1 atom stereocenters. The van der Waals surface area contributed by atoms with Gasteiger partial charge in [-0.15, -0.1) is 0 Å². The molecule has 0 aliphatic rings. The van der Waals surface area contributed by atoms with Gasteiger partial charge in [-0.25, -0.2) is 9.59 Å². The van der Waals surface area contributed by atoms with Crippen molar-refractivity contribution in [1.29, 1.82) is 0 Å². The highest BCUT2D eigenvalue weighted by molar-refractivity contribution is 6.02. The first-order valence-corrected chi connectivity index (χ1v) is 8.20. The highest BCUT2D eigenvalue weighted by Gasteiger charge is 2.20. The third-order valence-corrected chi connectivity index (χ3v) is 3.76. The lowest BCUT2D eigenvalue weighted by Gasteiger charge is -2.14. The third-order valence-electron chi connectivity index (χ3n) is 3.76. The van der Waals surface area contributed by atoms with Crippen LogP contribution >= 0.6 is 0 Å². The van der Waals surface area contributed by atoms with E-state index in [2.05, 4.69) is 16.0 Å². The summed E-state index contributed by atoms with van der Waals surface area (Å²) in [6, 6.07) is 11.1. The molecule has 0 bridgehead atoms. The van der Waals surface area contributed by atoms with Gasteiger partial charge in [-0.1, -0.05) is 36.4 Å². The Kier molecular flexibility index (Phi) is 6.70. The Bertz CT molecular complexity index is 862. The number of hydrogen-bond acceptors (Lipinski definition) is 4. The highest BCUT2D eigenvalue weighted by atomic mass is 16.4. The summed E-state index contributed by atoms with van der Waals surface area (Å²) in [5, 5.41) is 18.1. The SMILES string of the molecule is NC(=O)CC[C@@H](NC(=O)CNC(=O)Nc1cccc2ccccc12)C(=O)O. The number of amides is 4. The van der Waals surface area contributed by atoms with Crippen LogP contribution in [-0.2, 0) is 14.4 Å². The predicted octanol–water partition coefficient (Wildman–Crippen LogP) is 0.796. The number of carbonyl (C=O) groups excluding carboxylic acids is 3. The summed E-state index contributed by atoms with van der Waals surface area (Å²) in [5.74, 6) is -2.65. The lowest BCUT2D eigenvalue weighted by atomic mass is 10.1. The molecular weight excluding hydrogens is 352 g/mol. The van der Waals surface area contributed by atoms with Crippen molar-refractivity contribution in [3.63, 3.8) is 0 Å². The smallest absolute Gasteiger partial charge is 0.326 e. The number of hydrogen-bond donors (Lipinski definition) is 5. The van der Waals surface area contributed by atoms with E-state index >= 15 is 0 Å². The Morgan fingerprint density at radius 2 is 1.74 bits per heavy atom. The molecule has 27 heavy (non-hydrogen) atoms. The zero-order chi connectivity index (χ0) is 19.8. The molecule has 0 heterocycles. The molecule has 142 valence electrons. The minimum atomic E-state index is -1.29. The summed E-state index contributed by atoms with van der Waals surface area (Å²) in [4.78, 5) is 45.7. The number of nitrogens with two attached hydrogens (primary N) is 1. The molecular formula is C18H20N4O5. The molecule has 0 fully saturated rings. The first-order valence-electron chi connectivity index (χ1n) is 8.20. The average Bonchev–Trinajstić information content (AvgIpc) is 2.63. The van der Waals surface area contributed by atoms with Crippen molar-refractivity contribution < 1.29 is 24.3 Å². The minimum Gasteiger partial charge on any atom is -0.480 e. The molecule has 6 N–H and O–H groups in total. The second kappa shape index (κ2) is 9.18. The second-order valence-corrected chi connectivity index (χ2v) is 5.80. The second-order valence-electron chi connectivity index (χ2n) is 5.80. The molecule has 0 spiro atoms. The van der Waals surface area contributed by atoms with Crippen LogP contribution in [0.3, 0.4) is 0 Å². The largest absolute Gasteiger partial charge is 0.480 e. The number of urea groups is 1. The molecule has 9 heteroatoms. The van der Waals surface area contributed by atoms with Crippen LogP contribution in [0.4, 0.5) is 10.5 Å². The number of nitrogens with one attached hydrogen (secondary N) is 3. The summed E-state index contributed by atoms with van der Waals surface area (Å²) >= 11 is 0. The maximum absolute atomic E-state index is 12.0. The number of aliphatic carboxylic acids is 1. The molecule has 2 aromatic rings. The van der Waals surface area contributed by atoms with Gasteiger partial charge >= 0.3 is 12.0 Å². The van der Waals surface area contributed by atoms with Crippen LogP contribution in [0.2, 0.25) is 0 Å². The van der Waals surface area contributed by atoms with E-state index in [1.807, 2.05) is 30.3 Å². The van der Waals surface area contributed by atoms with E-state index in [0.717, 1.165) is 10.8 Å². The van der Waals surface area contributed by atoms with Crippen molar-refractivity contribution >= 4 is 40.3 Å². The maximum Gasteiger partial charge on any atom is 0.326 e. The van der Waals surface area contributed by atoms with Gasteiger partial charge < -0.3 is 26.8 Å². The average molecular weight is 372 g/mol. The molecule has 0 radical (unpaired) electrons. The van der Waals surface area contributed by atoms with E-state index < -0.39 is 36.4 Å². The van der Waals surface area contributed by atoms with Crippen molar-refractivity contribution in [3.8, 4) is 0 Å².